The molecule has 0 amide bonds. The highest BCUT2D eigenvalue weighted by Gasteiger charge is 2.26. The molecule has 1 aromatic heterocycles. The lowest BCUT2D eigenvalue weighted by molar-refractivity contribution is 0.105. The first kappa shape index (κ1) is 13.6. The molecular formula is C14H25N3O. The third kappa shape index (κ3) is 3.33. The maximum absolute atomic E-state index is 5.44. The molecule has 4 nitrogen and oxygen atoms in total. The summed E-state index contributed by atoms with van der Waals surface area (Å²) in [6.07, 6.45) is 7.81. The van der Waals surface area contributed by atoms with Crippen LogP contribution < -0.4 is 5.32 Å². The topological polar surface area (TPSA) is 39.1 Å². The number of aromatic nitrogens is 2. The average Bonchev–Trinajstić information content (AvgIpc) is 2.93. The smallest absolute Gasteiger partial charge is 0.0951 e. The Morgan fingerprint density at radius 1 is 1.44 bits per heavy atom. The molecule has 1 N–H and O–H groups in total. The zero-order valence-electron chi connectivity index (χ0n) is 11.9. The number of hydrogen-bond donors (Lipinski definition) is 1. The lowest BCUT2D eigenvalue weighted by Gasteiger charge is -2.22. The van der Waals surface area contributed by atoms with Gasteiger partial charge in [0.05, 0.1) is 18.1 Å². The van der Waals surface area contributed by atoms with Gasteiger partial charge in [-0.1, -0.05) is 0 Å². The Bertz CT molecular complexity index is 381. The van der Waals surface area contributed by atoms with Crippen LogP contribution in [0.5, 0.6) is 0 Å². The van der Waals surface area contributed by atoms with Crippen molar-refractivity contribution in [1.29, 1.82) is 0 Å². The van der Waals surface area contributed by atoms with E-state index in [4.69, 9.17) is 4.74 Å². The van der Waals surface area contributed by atoms with Gasteiger partial charge in [-0.3, -0.25) is 0 Å². The van der Waals surface area contributed by atoms with E-state index in [9.17, 15) is 0 Å². The molecule has 2 rings (SSSR count). The van der Waals surface area contributed by atoms with E-state index in [1.165, 1.54) is 12.1 Å². The first-order chi connectivity index (χ1) is 8.49. The number of methoxy groups -OCH3 is 1. The molecule has 0 aromatic carbocycles. The third-order valence-corrected chi connectivity index (χ3v) is 3.63. The number of hydrogen-bond acceptors (Lipinski definition) is 3. The van der Waals surface area contributed by atoms with Crippen LogP contribution in [0.15, 0.2) is 12.5 Å². The Labute approximate surface area is 110 Å². The van der Waals surface area contributed by atoms with Gasteiger partial charge in [-0.25, -0.2) is 4.98 Å². The van der Waals surface area contributed by atoms with E-state index in [-0.39, 0.29) is 5.54 Å². The molecular weight excluding hydrogens is 226 g/mol. The highest BCUT2D eigenvalue weighted by molar-refractivity contribution is 5.02. The van der Waals surface area contributed by atoms with Crippen LogP contribution >= 0.6 is 0 Å². The van der Waals surface area contributed by atoms with Crippen molar-refractivity contribution in [1.82, 2.24) is 14.9 Å². The van der Waals surface area contributed by atoms with Gasteiger partial charge in [0.15, 0.2) is 0 Å². The first-order valence-corrected chi connectivity index (χ1v) is 6.78. The van der Waals surface area contributed by atoms with Gasteiger partial charge in [0.1, 0.15) is 0 Å². The number of nitrogens with zero attached hydrogens (tertiary/aromatic N) is 2. The molecule has 0 aliphatic heterocycles. The predicted molar refractivity (Wildman–Crippen MR) is 72.5 cm³/mol. The molecule has 0 radical (unpaired) electrons. The van der Waals surface area contributed by atoms with Crippen molar-refractivity contribution >= 4 is 0 Å². The molecule has 0 bridgehead atoms. The van der Waals surface area contributed by atoms with Crippen LogP contribution in [0.2, 0.25) is 0 Å². The van der Waals surface area contributed by atoms with Crippen LogP contribution in [0.3, 0.4) is 0 Å². The Morgan fingerprint density at radius 2 is 2.22 bits per heavy atom. The van der Waals surface area contributed by atoms with Gasteiger partial charge in [-0.15, -0.1) is 0 Å². The van der Waals surface area contributed by atoms with Crippen LogP contribution in [0.25, 0.3) is 0 Å². The Hall–Kier alpha value is -0.870. The molecule has 0 spiro atoms. The predicted octanol–water partition coefficient (Wildman–Crippen LogP) is 2.51. The normalized spacial score (nSPS) is 24.7. The first-order valence-electron chi connectivity index (χ1n) is 6.78. The van der Waals surface area contributed by atoms with E-state index in [1.54, 1.807) is 0 Å². The van der Waals surface area contributed by atoms with Gasteiger partial charge in [0.2, 0.25) is 0 Å². The van der Waals surface area contributed by atoms with Gasteiger partial charge in [-0.2, -0.15) is 0 Å². The zero-order valence-corrected chi connectivity index (χ0v) is 11.9. The standard InChI is InChI=1S/C14H25N3O/c1-14(2,3)16-9-12-8-15-10-17(12)11-5-6-13(7-11)18-4/h8,10-11,13,16H,5-7,9H2,1-4H3. The molecule has 2 unspecified atom stereocenters. The molecule has 102 valence electrons. The van der Waals surface area contributed by atoms with Crippen molar-refractivity contribution in [3.05, 3.63) is 18.2 Å². The molecule has 1 saturated carbocycles. The van der Waals surface area contributed by atoms with Crippen molar-refractivity contribution < 1.29 is 4.74 Å². The monoisotopic (exact) mass is 251 g/mol. The van der Waals surface area contributed by atoms with Crippen molar-refractivity contribution in [3.8, 4) is 0 Å². The van der Waals surface area contributed by atoms with Crippen molar-refractivity contribution in [2.45, 2.75) is 64.3 Å². The lowest BCUT2D eigenvalue weighted by Crippen LogP contribution is -2.35. The van der Waals surface area contributed by atoms with E-state index in [2.05, 4.69) is 35.6 Å². The fraction of sp³-hybridized carbons (Fsp3) is 0.786. The van der Waals surface area contributed by atoms with E-state index in [0.717, 1.165) is 19.4 Å². The van der Waals surface area contributed by atoms with Crippen molar-refractivity contribution in [2.75, 3.05) is 7.11 Å². The molecule has 1 heterocycles. The largest absolute Gasteiger partial charge is 0.381 e. The number of ether oxygens (including phenoxy) is 1. The summed E-state index contributed by atoms with van der Waals surface area (Å²) in [7, 11) is 1.81. The molecule has 1 fully saturated rings. The fourth-order valence-corrected chi connectivity index (χ4v) is 2.54. The molecule has 4 heteroatoms. The second kappa shape index (κ2) is 5.41. The third-order valence-electron chi connectivity index (χ3n) is 3.63. The second-order valence-corrected chi connectivity index (χ2v) is 6.22. The van der Waals surface area contributed by atoms with Crippen molar-refractivity contribution in [3.63, 3.8) is 0 Å². The highest BCUT2D eigenvalue weighted by atomic mass is 16.5. The van der Waals surface area contributed by atoms with Crippen LogP contribution in [0, 0.1) is 0 Å². The van der Waals surface area contributed by atoms with E-state index >= 15 is 0 Å². The molecule has 0 saturated heterocycles. The molecule has 2 atom stereocenters. The summed E-state index contributed by atoms with van der Waals surface area (Å²) in [5.41, 5.74) is 1.41. The Morgan fingerprint density at radius 3 is 2.83 bits per heavy atom. The van der Waals surface area contributed by atoms with Crippen molar-refractivity contribution in [2.24, 2.45) is 0 Å². The van der Waals surface area contributed by atoms with E-state index in [0.29, 0.717) is 12.1 Å². The minimum atomic E-state index is 0.139. The molecule has 18 heavy (non-hydrogen) atoms. The highest BCUT2D eigenvalue weighted by Crippen LogP contribution is 2.32. The number of imidazole rings is 1. The zero-order chi connectivity index (χ0) is 13.2. The summed E-state index contributed by atoms with van der Waals surface area (Å²) in [5.74, 6) is 0. The lowest BCUT2D eigenvalue weighted by atomic mass is 10.1. The van der Waals surface area contributed by atoms with Crippen LogP contribution in [-0.2, 0) is 11.3 Å². The van der Waals surface area contributed by atoms with Gasteiger partial charge < -0.3 is 14.6 Å². The summed E-state index contributed by atoms with van der Waals surface area (Å²) in [6.45, 7) is 7.43. The van der Waals surface area contributed by atoms with Gasteiger partial charge in [0, 0.05) is 31.4 Å². The number of rotatable bonds is 4. The van der Waals surface area contributed by atoms with E-state index < -0.39 is 0 Å². The quantitative estimate of drug-likeness (QED) is 0.893. The molecule has 1 aliphatic carbocycles. The van der Waals surface area contributed by atoms with Crippen LogP contribution in [-0.4, -0.2) is 28.3 Å². The molecule has 1 aromatic rings. The summed E-state index contributed by atoms with van der Waals surface area (Å²) in [6, 6.07) is 0.550. The van der Waals surface area contributed by atoms with Gasteiger partial charge >= 0.3 is 0 Å². The van der Waals surface area contributed by atoms with E-state index in [1.807, 2.05) is 19.6 Å². The number of nitrogens with one attached hydrogen (secondary N) is 1. The molecule has 1 aliphatic rings. The minimum absolute atomic E-state index is 0.139. The Kier molecular flexibility index (Phi) is 4.07. The minimum Gasteiger partial charge on any atom is -0.381 e. The maximum Gasteiger partial charge on any atom is 0.0951 e. The van der Waals surface area contributed by atoms with Crippen LogP contribution in [0.4, 0.5) is 0 Å². The van der Waals surface area contributed by atoms with Gasteiger partial charge in [0.25, 0.3) is 0 Å². The maximum atomic E-state index is 5.44. The summed E-state index contributed by atoms with van der Waals surface area (Å²) in [4.78, 5) is 4.30. The SMILES string of the molecule is COC1CCC(n2cncc2CNC(C)(C)C)C1. The summed E-state index contributed by atoms with van der Waals surface area (Å²) >= 11 is 0. The Balaban J connectivity index is 2.00. The average molecular weight is 251 g/mol. The fourth-order valence-electron chi connectivity index (χ4n) is 2.54. The van der Waals surface area contributed by atoms with Crippen LogP contribution in [0.1, 0.15) is 51.8 Å². The second-order valence-electron chi connectivity index (χ2n) is 6.22. The summed E-state index contributed by atoms with van der Waals surface area (Å²) in [5, 5.41) is 3.52. The summed E-state index contributed by atoms with van der Waals surface area (Å²) < 4.78 is 7.76. The van der Waals surface area contributed by atoms with Gasteiger partial charge in [-0.05, 0) is 40.0 Å².